The van der Waals surface area contributed by atoms with E-state index in [1.165, 1.54) is 0 Å². The molecule has 1 aliphatic carbocycles. The number of benzene rings is 1. The molecule has 112 valence electrons. The van der Waals surface area contributed by atoms with Crippen molar-refractivity contribution in [3.63, 3.8) is 0 Å². The Hall–Kier alpha value is -2.57. The van der Waals surface area contributed by atoms with E-state index in [0.717, 1.165) is 12.8 Å². The maximum absolute atomic E-state index is 11.6. The SMILES string of the molecule is O=C(O)CCNC(=O)Nc1cccc(NC(=O)C2CC2)c1. The van der Waals surface area contributed by atoms with Gasteiger partial charge in [-0.3, -0.25) is 9.59 Å². The van der Waals surface area contributed by atoms with Crippen molar-refractivity contribution in [2.24, 2.45) is 5.92 Å². The molecule has 0 unspecified atom stereocenters. The highest BCUT2D eigenvalue weighted by atomic mass is 16.4. The summed E-state index contributed by atoms with van der Waals surface area (Å²) in [5.74, 6) is -0.862. The van der Waals surface area contributed by atoms with Crippen molar-refractivity contribution in [1.82, 2.24) is 5.32 Å². The van der Waals surface area contributed by atoms with E-state index in [9.17, 15) is 14.4 Å². The number of carbonyl (C=O) groups excluding carboxylic acids is 2. The smallest absolute Gasteiger partial charge is 0.319 e. The van der Waals surface area contributed by atoms with Crippen molar-refractivity contribution in [1.29, 1.82) is 0 Å². The fourth-order valence-corrected chi connectivity index (χ4v) is 1.72. The Kier molecular flexibility index (Phi) is 4.76. The normalized spacial score (nSPS) is 13.3. The van der Waals surface area contributed by atoms with Crippen molar-refractivity contribution in [2.75, 3.05) is 17.2 Å². The van der Waals surface area contributed by atoms with Gasteiger partial charge in [0.25, 0.3) is 0 Å². The summed E-state index contributed by atoms with van der Waals surface area (Å²) in [7, 11) is 0. The molecule has 7 heteroatoms. The molecule has 21 heavy (non-hydrogen) atoms. The van der Waals surface area contributed by atoms with Crippen LogP contribution in [0, 0.1) is 5.92 Å². The second-order valence-corrected chi connectivity index (χ2v) is 4.87. The summed E-state index contributed by atoms with van der Waals surface area (Å²) in [4.78, 5) is 33.5. The van der Waals surface area contributed by atoms with Gasteiger partial charge in [-0.25, -0.2) is 4.79 Å². The number of carboxylic acid groups (broad SMARTS) is 1. The summed E-state index contributed by atoms with van der Waals surface area (Å²) in [5.41, 5.74) is 1.15. The average Bonchev–Trinajstić information content (AvgIpc) is 3.22. The molecule has 0 heterocycles. The minimum absolute atomic E-state index is 0.00180. The van der Waals surface area contributed by atoms with Crippen molar-refractivity contribution in [3.8, 4) is 0 Å². The topological polar surface area (TPSA) is 108 Å². The fourth-order valence-electron chi connectivity index (χ4n) is 1.72. The summed E-state index contributed by atoms with van der Waals surface area (Å²) >= 11 is 0. The maximum Gasteiger partial charge on any atom is 0.319 e. The number of hydrogen-bond acceptors (Lipinski definition) is 3. The molecule has 0 radical (unpaired) electrons. The van der Waals surface area contributed by atoms with E-state index >= 15 is 0 Å². The van der Waals surface area contributed by atoms with Gasteiger partial charge in [-0.1, -0.05) is 6.07 Å². The van der Waals surface area contributed by atoms with E-state index in [4.69, 9.17) is 5.11 Å². The Morgan fingerprint density at radius 3 is 2.43 bits per heavy atom. The van der Waals surface area contributed by atoms with Crippen LogP contribution < -0.4 is 16.0 Å². The van der Waals surface area contributed by atoms with Gasteiger partial charge in [0.2, 0.25) is 5.91 Å². The van der Waals surface area contributed by atoms with Gasteiger partial charge in [-0.05, 0) is 31.0 Å². The molecule has 1 aromatic carbocycles. The number of carbonyl (C=O) groups is 3. The van der Waals surface area contributed by atoms with Crippen LogP contribution in [0.25, 0.3) is 0 Å². The van der Waals surface area contributed by atoms with Crippen LogP contribution in [0.3, 0.4) is 0 Å². The molecule has 2 rings (SSSR count). The highest BCUT2D eigenvalue weighted by molar-refractivity contribution is 5.95. The van der Waals surface area contributed by atoms with E-state index in [-0.39, 0.29) is 24.8 Å². The number of hydrogen-bond donors (Lipinski definition) is 4. The summed E-state index contributed by atoms with van der Waals surface area (Å²) < 4.78 is 0. The fraction of sp³-hybridized carbons (Fsp3) is 0.357. The van der Waals surface area contributed by atoms with Crippen LogP contribution in [-0.2, 0) is 9.59 Å². The lowest BCUT2D eigenvalue weighted by molar-refractivity contribution is -0.136. The predicted octanol–water partition coefficient (Wildman–Crippen LogP) is 1.63. The second-order valence-electron chi connectivity index (χ2n) is 4.87. The van der Waals surface area contributed by atoms with Crippen LogP contribution in [0.4, 0.5) is 16.2 Å². The van der Waals surface area contributed by atoms with Crippen molar-refractivity contribution < 1.29 is 19.5 Å². The Morgan fingerprint density at radius 1 is 1.14 bits per heavy atom. The third kappa shape index (κ3) is 5.13. The van der Waals surface area contributed by atoms with Gasteiger partial charge in [0.15, 0.2) is 0 Å². The van der Waals surface area contributed by atoms with E-state index < -0.39 is 12.0 Å². The van der Waals surface area contributed by atoms with Gasteiger partial charge in [0.05, 0.1) is 6.42 Å². The maximum atomic E-state index is 11.6. The number of nitrogens with one attached hydrogen (secondary N) is 3. The van der Waals surface area contributed by atoms with Gasteiger partial charge in [-0.15, -0.1) is 0 Å². The summed E-state index contributed by atoms with van der Waals surface area (Å²) in [6, 6.07) is 6.31. The monoisotopic (exact) mass is 291 g/mol. The van der Waals surface area contributed by atoms with Crippen LogP contribution in [0.2, 0.25) is 0 Å². The van der Waals surface area contributed by atoms with Gasteiger partial charge < -0.3 is 21.1 Å². The molecule has 0 bridgehead atoms. The molecule has 0 aliphatic heterocycles. The molecule has 1 saturated carbocycles. The van der Waals surface area contributed by atoms with E-state index in [1.807, 2.05) is 0 Å². The molecule has 0 saturated heterocycles. The molecule has 0 atom stereocenters. The second kappa shape index (κ2) is 6.74. The Bertz CT molecular complexity index is 555. The Balaban J connectivity index is 1.83. The first-order valence-corrected chi connectivity index (χ1v) is 6.72. The number of anilines is 2. The molecule has 4 N–H and O–H groups in total. The van der Waals surface area contributed by atoms with E-state index in [2.05, 4.69) is 16.0 Å². The minimum atomic E-state index is -0.972. The van der Waals surface area contributed by atoms with Crippen LogP contribution in [0.15, 0.2) is 24.3 Å². The lowest BCUT2D eigenvalue weighted by Crippen LogP contribution is -2.30. The molecule has 7 nitrogen and oxygen atoms in total. The highest BCUT2D eigenvalue weighted by Crippen LogP contribution is 2.30. The molecular formula is C14H17N3O4. The molecule has 3 amide bonds. The number of carboxylic acids is 1. The lowest BCUT2D eigenvalue weighted by Gasteiger charge is -2.09. The molecule has 0 aromatic heterocycles. The van der Waals surface area contributed by atoms with Crippen molar-refractivity contribution in [3.05, 3.63) is 24.3 Å². The zero-order valence-corrected chi connectivity index (χ0v) is 11.4. The first kappa shape index (κ1) is 14.8. The average molecular weight is 291 g/mol. The number of aliphatic carboxylic acids is 1. The highest BCUT2D eigenvalue weighted by Gasteiger charge is 2.29. The quantitative estimate of drug-likeness (QED) is 0.639. The molecule has 1 fully saturated rings. The lowest BCUT2D eigenvalue weighted by atomic mass is 10.2. The Morgan fingerprint density at radius 2 is 1.81 bits per heavy atom. The van der Waals surface area contributed by atoms with Crippen molar-refractivity contribution >= 4 is 29.3 Å². The molecule has 1 aromatic rings. The number of amides is 3. The van der Waals surface area contributed by atoms with Crippen LogP contribution in [0.5, 0.6) is 0 Å². The number of rotatable bonds is 6. The minimum Gasteiger partial charge on any atom is -0.481 e. The first-order chi connectivity index (χ1) is 10.0. The summed E-state index contributed by atoms with van der Waals surface area (Å²) in [6.45, 7) is 0.0548. The van der Waals surface area contributed by atoms with Gasteiger partial charge in [-0.2, -0.15) is 0 Å². The summed E-state index contributed by atoms with van der Waals surface area (Å²) in [6.07, 6.45) is 1.72. The zero-order chi connectivity index (χ0) is 15.2. The third-order valence-electron chi connectivity index (χ3n) is 2.96. The van der Waals surface area contributed by atoms with Crippen LogP contribution in [0.1, 0.15) is 19.3 Å². The Labute approximate surface area is 121 Å². The van der Waals surface area contributed by atoms with Crippen molar-refractivity contribution in [2.45, 2.75) is 19.3 Å². The van der Waals surface area contributed by atoms with Gasteiger partial charge in [0, 0.05) is 23.8 Å². The van der Waals surface area contributed by atoms with Crippen LogP contribution >= 0.6 is 0 Å². The van der Waals surface area contributed by atoms with Crippen LogP contribution in [-0.4, -0.2) is 29.6 Å². The molecular weight excluding hydrogens is 274 g/mol. The molecule has 0 spiro atoms. The zero-order valence-electron chi connectivity index (χ0n) is 11.4. The van der Waals surface area contributed by atoms with E-state index in [0.29, 0.717) is 11.4 Å². The first-order valence-electron chi connectivity index (χ1n) is 6.72. The standard InChI is InChI=1S/C14H17N3O4/c18-12(19)6-7-15-14(21)17-11-3-1-2-10(8-11)16-13(20)9-4-5-9/h1-3,8-9H,4-7H2,(H,16,20)(H,18,19)(H2,15,17,21). The number of urea groups is 1. The summed E-state index contributed by atoms with van der Waals surface area (Å²) in [5, 5.41) is 16.3. The third-order valence-corrected chi connectivity index (χ3v) is 2.96. The van der Waals surface area contributed by atoms with Gasteiger partial charge in [0.1, 0.15) is 0 Å². The largest absolute Gasteiger partial charge is 0.481 e. The molecule has 1 aliphatic rings. The predicted molar refractivity (Wildman–Crippen MR) is 77.1 cm³/mol. The van der Waals surface area contributed by atoms with Gasteiger partial charge >= 0.3 is 12.0 Å². The van der Waals surface area contributed by atoms with E-state index in [1.54, 1.807) is 24.3 Å².